The first-order valence-electron chi connectivity index (χ1n) is 7.61. The van der Waals surface area contributed by atoms with Gasteiger partial charge in [-0.3, -0.25) is 9.59 Å². The Morgan fingerprint density at radius 1 is 1.33 bits per heavy atom. The molecule has 2 aliphatic rings. The van der Waals surface area contributed by atoms with E-state index in [4.69, 9.17) is 4.74 Å². The number of fused-ring (bicyclic) bond motifs is 1. The number of hydrogen-bond acceptors (Lipinski definition) is 4. The summed E-state index contributed by atoms with van der Waals surface area (Å²) in [5.41, 5.74) is 0. The van der Waals surface area contributed by atoms with E-state index in [2.05, 4.69) is 5.32 Å². The average molecular weight is 319 g/mol. The third-order valence-electron chi connectivity index (χ3n) is 4.69. The number of carbonyl (C=O) groups is 2. The molecule has 1 aliphatic heterocycles. The van der Waals surface area contributed by atoms with Crippen molar-refractivity contribution in [3.63, 3.8) is 0 Å². The molecule has 0 bridgehead atoms. The molecule has 0 aromatic carbocycles. The average Bonchev–Trinajstić information content (AvgIpc) is 2.89. The number of rotatable bonds is 4. The molecule has 1 aliphatic carbocycles. The van der Waals surface area contributed by atoms with Crippen molar-refractivity contribution in [1.29, 1.82) is 0 Å². The van der Waals surface area contributed by atoms with Crippen LogP contribution in [0.25, 0.3) is 0 Å². The van der Waals surface area contributed by atoms with Crippen molar-refractivity contribution in [3.8, 4) is 0 Å². The third kappa shape index (κ3) is 4.33. The second-order valence-corrected chi connectivity index (χ2v) is 6.25. The van der Waals surface area contributed by atoms with Crippen LogP contribution in [0.4, 0.5) is 0 Å². The normalized spacial score (nSPS) is 29.0. The van der Waals surface area contributed by atoms with Gasteiger partial charge in [0.2, 0.25) is 5.91 Å². The summed E-state index contributed by atoms with van der Waals surface area (Å²) < 4.78 is 4.70. The Labute approximate surface area is 133 Å². The lowest BCUT2D eigenvalue weighted by atomic mass is 9.85. The van der Waals surface area contributed by atoms with Gasteiger partial charge in [-0.05, 0) is 25.2 Å². The molecule has 2 rings (SSSR count). The van der Waals surface area contributed by atoms with E-state index in [9.17, 15) is 9.59 Å². The Balaban J connectivity index is 0.00000220. The zero-order valence-electron chi connectivity index (χ0n) is 13.1. The predicted octanol–water partition coefficient (Wildman–Crippen LogP) is 1.60. The maximum Gasteiger partial charge on any atom is 0.310 e. The van der Waals surface area contributed by atoms with Crippen molar-refractivity contribution in [2.24, 2.45) is 11.8 Å². The van der Waals surface area contributed by atoms with Crippen LogP contribution >= 0.6 is 12.4 Å². The van der Waals surface area contributed by atoms with Crippen molar-refractivity contribution in [2.75, 3.05) is 20.7 Å². The Kier molecular flexibility index (Phi) is 6.94. The molecule has 1 N–H and O–H groups in total. The molecule has 6 heteroatoms. The highest BCUT2D eigenvalue weighted by Gasteiger charge is 2.39. The van der Waals surface area contributed by atoms with Gasteiger partial charge in [0.1, 0.15) is 0 Å². The van der Waals surface area contributed by atoms with Gasteiger partial charge in [-0.15, -0.1) is 12.4 Å². The largest absolute Gasteiger partial charge is 0.469 e. The Morgan fingerprint density at radius 3 is 2.62 bits per heavy atom. The molecule has 1 amide bonds. The van der Waals surface area contributed by atoms with Gasteiger partial charge in [0.25, 0.3) is 0 Å². The number of esters is 1. The van der Waals surface area contributed by atoms with Crippen molar-refractivity contribution >= 4 is 24.3 Å². The summed E-state index contributed by atoms with van der Waals surface area (Å²) in [5, 5.41) is 3.48. The molecule has 0 radical (unpaired) electrons. The molecule has 1 saturated carbocycles. The van der Waals surface area contributed by atoms with Crippen LogP contribution in [0, 0.1) is 11.8 Å². The minimum Gasteiger partial charge on any atom is -0.469 e. The molecule has 1 saturated heterocycles. The number of likely N-dealkylation sites (N-methyl/N-ethyl adjacent to an activating group) is 1. The second-order valence-electron chi connectivity index (χ2n) is 6.25. The highest BCUT2D eigenvalue weighted by Crippen LogP contribution is 2.33. The first-order valence-corrected chi connectivity index (χ1v) is 7.61. The maximum atomic E-state index is 12.4. The zero-order valence-corrected chi connectivity index (χ0v) is 13.9. The van der Waals surface area contributed by atoms with Crippen LogP contribution in [0.1, 0.15) is 39.0 Å². The Hall–Kier alpha value is -0.810. The maximum absolute atomic E-state index is 12.4. The lowest BCUT2D eigenvalue weighted by Gasteiger charge is -2.25. The number of ether oxygens (including phenoxy) is 1. The quantitative estimate of drug-likeness (QED) is 0.800. The van der Waals surface area contributed by atoms with E-state index >= 15 is 0 Å². The van der Waals surface area contributed by atoms with E-state index in [0.29, 0.717) is 18.5 Å². The number of amides is 1. The molecule has 21 heavy (non-hydrogen) atoms. The van der Waals surface area contributed by atoms with Crippen LogP contribution in [-0.2, 0) is 14.3 Å². The number of nitrogens with zero attached hydrogens (tertiary/aromatic N) is 1. The first kappa shape index (κ1) is 18.2. The van der Waals surface area contributed by atoms with Gasteiger partial charge in [-0.2, -0.15) is 0 Å². The lowest BCUT2D eigenvalue weighted by molar-refractivity contribution is -0.146. The van der Waals surface area contributed by atoms with Crippen LogP contribution in [0.15, 0.2) is 0 Å². The Bertz CT molecular complexity index is 364. The van der Waals surface area contributed by atoms with Crippen LogP contribution in [-0.4, -0.2) is 49.6 Å². The van der Waals surface area contributed by atoms with Crippen LogP contribution < -0.4 is 5.32 Å². The fraction of sp³-hybridized carbons (Fsp3) is 0.867. The number of carbonyl (C=O) groups excluding carboxylic acids is 2. The molecule has 0 aromatic heterocycles. The van der Waals surface area contributed by atoms with Crippen LogP contribution in [0.2, 0.25) is 0 Å². The summed E-state index contributed by atoms with van der Waals surface area (Å²) in [6.45, 7) is 2.20. The SMILES string of the molecule is COC(=O)C(C)CN(C)C(=O)C1CC2CCCCC2N1.Cl. The molecule has 0 aromatic rings. The minimum absolute atomic E-state index is 0. The van der Waals surface area contributed by atoms with Gasteiger partial charge in [0.15, 0.2) is 0 Å². The highest BCUT2D eigenvalue weighted by atomic mass is 35.5. The predicted molar refractivity (Wildman–Crippen MR) is 83.4 cm³/mol. The molecule has 1 heterocycles. The first-order chi connectivity index (χ1) is 9.52. The van der Waals surface area contributed by atoms with Gasteiger partial charge in [-0.25, -0.2) is 0 Å². The van der Waals surface area contributed by atoms with E-state index < -0.39 is 0 Å². The number of nitrogens with one attached hydrogen (secondary N) is 1. The molecular weight excluding hydrogens is 292 g/mol. The lowest BCUT2D eigenvalue weighted by Crippen LogP contribution is -2.45. The molecular formula is C15H27ClN2O3. The highest BCUT2D eigenvalue weighted by molar-refractivity contribution is 5.85. The van der Waals surface area contributed by atoms with Gasteiger partial charge in [0.05, 0.1) is 19.1 Å². The van der Waals surface area contributed by atoms with Crippen LogP contribution in [0.3, 0.4) is 0 Å². The number of hydrogen-bond donors (Lipinski definition) is 1. The van der Waals surface area contributed by atoms with Crippen molar-refractivity contribution in [3.05, 3.63) is 0 Å². The summed E-state index contributed by atoms with van der Waals surface area (Å²) in [5.74, 6) is 0.217. The van der Waals surface area contributed by atoms with Crippen molar-refractivity contribution in [1.82, 2.24) is 10.2 Å². The fourth-order valence-corrected chi connectivity index (χ4v) is 3.55. The molecule has 4 unspecified atom stereocenters. The molecule has 4 atom stereocenters. The topological polar surface area (TPSA) is 58.6 Å². The van der Waals surface area contributed by atoms with Gasteiger partial charge >= 0.3 is 5.97 Å². The third-order valence-corrected chi connectivity index (χ3v) is 4.69. The van der Waals surface area contributed by atoms with E-state index in [1.165, 1.54) is 32.8 Å². The van der Waals surface area contributed by atoms with E-state index in [1.807, 2.05) is 0 Å². The van der Waals surface area contributed by atoms with Gasteiger partial charge < -0.3 is 15.0 Å². The van der Waals surface area contributed by atoms with Gasteiger partial charge in [-0.1, -0.05) is 19.8 Å². The van der Waals surface area contributed by atoms with Crippen molar-refractivity contribution in [2.45, 2.75) is 51.1 Å². The van der Waals surface area contributed by atoms with Crippen molar-refractivity contribution < 1.29 is 14.3 Å². The minimum atomic E-state index is -0.280. The summed E-state index contributed by atoms with van der Waals surface area (Å²) in [6, 6.07) is 0.446. The summed E-state index contributed by atoms with van der Waals surface area (Å²) >= 11 is 0. The summed E-state index contributed by atoms with van der Waals surface area (Å²) in [7, 11) is 3.15. The van der Waals surface area contributed by atoms with Gasteiger partial charge in [0, 0.05) is 19.6 Å². The Morgan fingerprint density at radius 2 is 2.00 bits per heavy atom. The van der Waals surface area contributed by atoms with E-state index in [-0.39, 0.29) is 36.2 Å². The fourth-order valence-electron chi connectivity index (χ4n) is 3.55. The molecule has 2 fully saturated rings. The number of halogens is 1. The standard InChI is InChI=1S/C15H26N2O3.ClH/c1-10(15(19)20-3)9-17(2)14(18)13-8-11-6-4-5-7-12(11)16-13;/h10-13,16H,4-9H2,1-3H3;1H. The molecule has 0 spiro atoms. The van der Waals surface area contributed by atoms with Crippen LogP contribution in [0.5, 0.6) is 0 Å². The summed E-state index contributed by atoms with van der Waals surface area (Å²) in [4.78, 5) is 25.5. The second kappa shape index (κ2) is 7.99. The molecule has 5 nitrogen and oxygen atoms in total. The van der Waals surface area contributed by atoms with E-state index in [1.54, 1.807) is 18.9 Å². The zero-order chi connectivity index (χ0) is 14.7. The molecule has 122 valence electrons. The number of methoxy groups -OCH3 is 1. The van der Waals surface area contributed by atoms with E-state index in [0.717, 1.165) is 6.42 Å². The smallest absolute Gasteiger partial charge is 0.310 e. The summed E-state index contributed by atoms with van der Waals surface area (Å²) in [6.07, 6.45) is 5.93. The monoisotopic (exact) mass is 318 g/mol.